The van der Waals surface area contributed by atoms with Crippen LogP contribution in [0.3, 0.4) is 0 Å². The summed E-state index contributed by atoms with van der Waals surface area (Å²) in [5.74, 6) is 0.825. The van der Waals surface area contributed by atoms with Crippen LogP contribution in [0.25, 0.3) is 0 Å². The van der Waals surface area contributed by atoms with Crippen LogP contribution in [0.5, 0.6) is 0 Å². The maximum atomic E-state index is 12.2. The Morgan fingerprint density at radius 3 is 2.71 bits per heavy atom. The number of halogens is 1. The molecule has 1 aliphatic carbocycles. The van der Waals surface area contributed by atoms with Gasteiger partial charge >= 0.3 is 0 Å². The van der Waals surface area contributed by atoms with Crippen LogP contribution in [0.4, 0.5) is 5.69 Å². The fourth-order valence-electron chi connectivity index (χ4n) is 2.14. The highest BCUT2D eigenvalue weighted by atomic mass is 35.5. The molecule has 3 rings (SSSR count). The van der Waals surface area contributed by atoms with Gasteiger partial charge in [-0.25, -0.2) is 0 Å². The summed E-state index contributed by atoms with van der Waals surface area (Å²) in [7, 11) is 0. The van der Waals surface area contributed by atoms with Gasteiger partial charge in [-0.3, -0.25) is 9.59 Å². The first-order chi connectivity index (χ1) is 11.6. The Morgan fingerprint density at radius 2 is 2.00 bits per heavy atom. The summed E-state index contributed by atoms with van der Waals surface area (Å²) in [5, 5.41) is 5.78. The molecule has 0 atom stereocenters. The minimum absolute atomic E-state index is 0.116. The van der Waals surface area contributed by atoms with E-state index in [-0.39, 0.29) is 17.9 Å². The molecule has 0 unspecified atom stereocenters. The minimum atomic E-state index is -0.130. The maximum absolute atomic E-state index is 12.2. The SMILES string of the molecule is O=C(CSCc1ccc(Cl)s1)Nc1ccccc1C(=O)NC1CC1. The highest BCUT2D eigenvalue weighted by Crippen LogP contribution is 2.25. The van der Waals surface area contributed by atoms with E-state index in [0.717, 1.165) is 27.8 Å². The fourth-order valence-corrected chi connectivity index (χ4v) is 4.17. The predicted molar refractivity (Wildman–Crippen MR) is 101 cm³/mol. The van der Waals surface area contributed by atoms with Gasteiger partial charge in [0.15, 0.2) is 0 Å². The molecule has 7 heteroatoms. The van der Waals surface area contributed by atoms with Gasteiger partial charge in [0.2, 0.25) is 5.91 Å². The van der Waals surface area contributed by atoms with Crippen molar-refractivity contribution in [3.63, 3.8) is 0 Å². The third-order valence-electron chi connectivity index (χ3n) is 3.46. The van der Waals surface area contributed by atoms with Crippen LogP contribution >= 0.6 is 34.7 Å². The number of nitrogens with one attached hydrogen (secondary N) is 2. The van der Waals surface area contributed by atoms with Crippen molar-refractivity contribution in [1.82, 2.24) is 5.32 Å². The summed E-state index contributed by atoms with van der Waals surface area (Å²) >= 11 is 8.93. The van der Waals surface area contributed by atoms with Gasteiger partial charge in [0.25, 0.3) is 5.91 Å². The first kappa shape index (κ1) is 17.3. The van der Waals surface area contributed by atoms with Crippen LogP contribution in [-0.2, 0) is 10.5 Å². The van der Waals surface area contributed by atoms with Crippen LogP contribution in [0.1, 0.15) is 28.1 Å². The van der Waals surface area contributed by atoms with E-state index >= 15 is 0 Å². The van der Waals surface area contributed by atoms with E-state index in [0.29, 0.717) is 17.0 Å². The summed E-state index contributed by atoms with van der Waals surface area (Å²) in [4.78, 5) is 25.5. The second-order valence-electron chi connectivity index (χ2n) is 5.54. The molecule has 2 aromatic rings. The number of rotatable bonds is 7. The molecule has 1 aliphatic rings. The summed E-state index contributed by atoms with van der Waals surface area (Å²) in [6.45, 7) is 0. The van der Waals surface area contributed by atoms with Crippen molar-refractivity contribution >= 4 is 52.2 Å². The summed E-state index contributed by atoms with van der Waals surface area (Å²) in [6.07, 6.45) is 2.06. The van der Waals surface area contributed by atoms with Crippen LogP contribution in [0, 0.1) is 0 Å². The lowest BCUT2D eigenvalue weighted by molar-refractivity contribution is -0.113. The smallest absolute Gasteiger partial charge is 0.253 e. The van der Waals surface area contributed by atoms with E-state index in [9.17, 15) is 9.59 Å². The van der Waals surface area contributed by atoms with Crippen molar-refractivity contribution in [3.05, 3.63) is 51.2 Å². The van der Waals surface area contributed by atoms with Crippen molar-refractivity contribution in [1.29, 1.82) is 0 Å². The van der Waals surface area contributed by atoms with Crippen molar-refractivity contribution in [3.8, 4) is 0 Å². The van der Waals surface area contributed by atoms with Crippen LogP contribution in [-0.4, -0.2) is 23.6 Å². The molecule has 1 heterocycles. The molecule has 0 spiro atoms. The molecule has 24 heavy (non-hydrogen) atoms. The van der Waals surface area contributed by atoms with Gasteiger partial charge in [-0.15, -0.1) is 23.1 Å². The van der Waals surface area contributed by atoms with Gasteiger partial charge in [-0.1, -0.05) is 23.7 Å². The van der Waals surface area contributed by atoms with Crippen molar-refractivity contribution in [2.24, 2.45) is 0 Å². The normalized spacial score (nSPS) is 13.5. The lowest BCUT2D eigenvalue weighted by atomic mass is 10.1. The van der Waals surface area contributed by atoms with E-state index in [4.69, 9.17) is 11.6 Å². The van der Waals surface area contributed by atoms with E-state index < -0.39 is 0 Å². The van der Waals surface area contributed by atoms with Gasteiger partial charge < -0.3 is 10.6 Å². The number of thioether (sulfide) groups is 1. The van der Waals surface area contributed by atoms with E-state index in [1.165, 1.54) is 23.1 Å². The molecular formula is C17H17ClN2O2S2. The number of benzene rings is 1. The van der Waals surface area contributed by atoms with Gasteiger partial charge in [-0.05, 0) is 37.1 Å². The molecule has 0 bridgehead atoms. The van der Waals surface area contributed by atoms with E-state index in [2.05, 4.69) is 10.6 Å². The molecule has 1 fully saturated rings. The number of hydrogen-bond donors (Lipinski definition) is 2. The summed E-state index contributed by atoms with van der Waals surface area (Å²) in [5.41, 5.74) is 1.06. The van der Waals surface area contributed by atoms with Gasteiger partial charge in [0, 0.05) is 16.7 Å². The van der Waals surface area contributed by atoms with Gasteiger partial charge in [0.1, 0.15) is 0 Å². The molecular weight excluding hydrogens is 364 g/mol. The number of amides is 2. The Kier molecular flexibility index (Phi) is 5.81. The topological polar surface area (TPSA) is 58.2 Å². The Bertz CT molecular complexity index is 744. The molecule has 1 saturated carbocycles. The molecule has 126 valence electrons. The zero-order valence-corrected chi connectivity index (χ0v) is 15.3. The molecule has 4 nitrogen and oxygen atoms in total. The highest BCUT2D eigenvalue weighted by Gasteiger charge is 2.24. The zero-order chi connectivity index (χ0) is 16.9. The highest BCUT2D eigenvalue weighted by molar-refractivity contribution is 7.99. The Balaban J connectivity index is 1.52. The van der Waals surface area contributed by atoms with Crippen LogP contribution in [0.15, 0.2) is 36.4 Å². The third-order valence-corrected chi connectivity index (χ3v) is 5.86. The van der Waals surface area contributed by atoms with Crippen molar-refractivity contribution < 1.29 is 9.59 Å². The molecule has 0 aliphatic heterocycles. The lowest BCUT2D eigenvalue weighted by Crippen LogP contribution is -2.27. The lowest BCUT2D eigenvalue weighted by Gasteiger charge is -2.11. The molecule has 2 N–H and O–H groups in total. The third kappa shape index (κ3) is 5.00. The number of carbonyl (C=O) groups excluding carboxylic acids is 2. The first-order valence-electron chi connectivity index (χ1n) is 7.63. The van der Waals surface area contributed by atoms with Crippen LogP contribution < -0.4 is 10.6 Å². The number of anilines is 1. The van der Waals surface area contributed by atoms with Crippen molar-refractivity contribution in [2.45, 2.75) is 24.6 Å². The second kappa shape index (κ2) is 8.05. The average Bonchev–Trinajstić information content (AvgIpc) is 3.27. The number of para-hydroxylation sites is 1. The fraction of sp³-hybridized carbons (Fsp3) is 0.294. The Morgan fingerprint density at radius 1 is 1.21 bits per heavy atom. The maximum Gasteiger partial charge on any atom is 0.253 e. The number of thiophene rings is 1. The first-order valence-corrected chi connectivity index (χ1v) is 9.98. The second-order valence-corrected chi connectivity index (χ2v) is 8.33. The predicted octanol–water partition coefficient (Wildman–Crippen LogP) is 4.17. The van der Waals surface area contributed by atoms with Gasteiger partial charge in [-0.2, -0.15) is 0 Å². The molecule has 2 amide bonds. The molecule has 0 saturated heterocycles. The average molecular weight is 381 g/mol. The minimum Gasteiger partial charge on any atom is -0.349 e. The number of hydrogen-bond acceptors (Lipinski definition) is 4. The Hall–Kier alpha value is -1.50. The molecule has 0 radical (unpaired) electrons. The monoisotopic (exact) mass is 380 g/mol. The molecule has 1 aromatic heterocycles. The molecule has 1 aromatic carbocycles. The standard InChI is InChI=1S/C17H17ClN2O2S2/c18-15-8-7-12(24-15)9-23-10-16(21)20-14-4-2-1-3-13(14)17(22)19-11-5-6-11/h1-4,7-8,11H,5-6,9-10H2,(H,19,22)(H,20,21). The van der Waals surface area contributed by atoms with Crippen molar-refractivity contribution in [2.75, 3.05) is 11.1 Å². The largest absolute Gasteiger partial charge is 0.349 e. The van der Waals surface area contributed by atoms with Gasteiger partial charge in [0.05, 0.1) is 21.3 Å². The number of carbonyl (C=O) groups is 2. The summed E-state index contributed by atoms with van der Waals surface area (Å²) < 4.78 is 0.755. The zero-order valence-electron chi connectivity index (χ0n) is 12.9. The van der Waals surface area contributed by atoms with Crippen LogP contribution in [0.2, 0.25) is 4.34 Å². The van der Waals surface area contributed by atoms with E-state index in [1.807, 2.05) is 18.2 Å². The quantitative estimate of drug-likeness (QED) is 0.758. The van der Waals surface area contributed by atoms with E-state index in [1.54, 1.807) is 18.2 Å². The Labute approximate surface area is 154 Å². The summed E-state index contributed by atoms with van der Waals surface area (Å²) in [6, 6.07) is 11.2.